The number of barbiturate groups is 1. The second-order valence-corrected chi connectivity index (χ2v) is 4.71. The molecule has 102 valence electrons. The number of amides is 4. The molecule has 1 heterocycles. The van der Waals surface area contributed by atoms with Gasteiger partial charge in [0.05, 0.1) is 6.04 Å². The Balaban J connectivity index is 2.46. The molecule has 0 aliphatic carbocycles. The number of imide groups is 2. The molecule has 2 unspecified atom stereocenters. The van der Waals surface area contributed by atoms with Gasteiger partial charge in [-0.1, -0.05) is 35.7 Å². The molecular formula is C14H11ClN2O3. The summed E-state index contributed by atoms with van der Waals surface area (Å²) in [6, 6.07) is 4.92. The number of carbonyl (C=O) groups excluding carboxylic acids is 3. The van der Waals surface area contributed by atoms with Crippen molar-refractivity contribution in [3.8, 4) is 12.3 Å². The Bertz CT molecular complexity index is 636. The molecule has 2 atom stereocenters. The first-order valence-electron chi connectivity index (χ1n) is 5.85. The Morgan fingerprint density at radius 2 is 2.00 bits per heavy atom. The minimum atomic E-state index is -1.17. The first-order valence-corrected chi connectivity index (χ1v) is 6.23. The molecule has 20 heavy (non-hydrogen) atoms. The standard InChI is InChI=1S/C14H11ClN2O3/c1-3-8(2)17-13(19)11(12(18)16-14(17)20)9-6-4-5-7-10(9)15/h1,4-8,11H,2H3,(H,16,18,20). The molecule has 4 amide bonds. The van der Waals surface area contributed by atoms with Crippen LogP contribution in [0.4, 0.5) is 4.79 Å². The second kappa shape index (κ2) is 5.35. The lowest BCUT2D eigenvalue weighted by atomic mass is 9.94. The molecule has 5 nitrogen and oxygen atoms in total. The van der Waals surface area contributed by atoms with E-state index in [1.54, 1.807) is 24.3 Å². The van der Waals surface area contributed by atoms with Crippen molar-refractivity contribution in [1.29, 1.82) is 0 Å². The summed E-state index contributed by atoms with van der Waals surface area (Å²) in [7, 11) is 0. The maximum Gasteiger partial charge on any atom is 0.331 e. The van der Waals surface area contributed by atoms with Crippen LogP contribution in [0.1, 0.15) is 18.4 Å². The summed E-state index contributed by atoms with van der Waals surface area (Å²) in [4.78, 5) is 36.9. The molecule has 0 aromatic heterocycles. The normalized spacial score (nSPS) is 20.4. The van der Waals surface area contributed by atoms with Crippen LogP contribution in [0.5, 0.6) is 0 Å². The fourth-order valence-electron chi connectivity index (χ4n) is 2.01. The number of terminal acetylenes is 1. The average Bonchev–Trinajstić information content (AvgIpc) is 2.40. The lowest BCUT2D eigenvalue weighted by Crippen LogP contribution is -2.59. The van der Waals surface area contributed by atoms with Crippen molar-refractivity contribution in [2.45, 2.75) is 18.9 Å². The summed E-state index contributed by atoms with van der Waals surface area (Å²) in [5.74, 6) is -0.242. The lowest BCUT2D eigenvalue weighted by Gasteiger charge is -2.32. The van der Waals surface area contributed by atoms with E-state index in [-0.39, 0.29) is 5.02 Å². The number of halogens is 1. The molecular weight excluding hydrogens is 280 g/mol. The summed E-state index contributed by atoms with van der Waals surface area (Å²) in [5.41, 5.74) is 0.346. The molecule has 0 spiro atoms. The summed E-state index contributed by atoms with van der Waals surface area (Å²) >= 11 is 6.01. The molecule has 0 bridgehead atoms. The zero-order chi connectivity index (χ0) is 14.9. The number of urea groups is 1. The first-order chi connectivity index (χ1) is 9.47. The van der Waals surface area contributed by atoms with Crippen molar-refractivity contribution in [1.82, 2.24) is 10.2 Å². The van der Waals surface area contributed by atoms with Crippen LogP contribution in [0.15, 0.2) is 24.3 Å². The predicted molar refractivity (Wildman–Crippen MR) is 72.9 cm³/mol. The van der Waals surface area contributed by atoms with E-state index in [0.717, 1.165) is 4.90 Å². The highest BCUT2D eigenvalue weighted by Crippen LogP contribution is 2.29. The molecule has 1 aromatic rings. The van der Waals surface area contributed by atoms with E-state index < -0.39 is 29.8 Å². The van der Waals surface area contributed by atoms with Crippen LogP contribution >= 0.6 is 11.6 Å². The maximum absolute atomic E-state index is 12.4. The van der Waals surface area contributed by atoms with Crippen LogP contribution < -0.4 is 5.32 Å². The Morgan fingerprint density at radius 1 is 1.35 bits per heavy atom. The Hall–Kier alpha value is -2.32. The number of rotatable bonds is 2. The zero-order valence-corrected chi connectivity index (χ0v) is 11.3. The van der Waals surface area contributed by atoms with Gasteiger partial charge in [-0.25, -0.2) is 9.69 Å². The Kier molecular flexibility index (Phi) is 3.77. The van der Waals surface area contributed by atoms with Crippen LogP contribution in [0.25, 0.3) is 0 Å². The van der Waals surface area contributed by atoms with Crippen molar-refractivity contribution < 1.29 is 14.4 Å². The average molecular weight is 291 g/mol. The van der Waals surface area contributed by atoms with Crippen molar-refractivity contribution in [2.75, 3.05) is 0 Å². The summed E-state index contributed by atoms with van der Waals surface area (Å²) in [6.07, 6.45) is 5.24. The minimum Gasteiger partial charge on any atom is -0.277 e. The van der Waals surface area contributed by atoms with Gasteiger partial charge >= 0.3 is 6.03 Å². The number of nitrogens with zero attached hydrogens (tertiary/aromatic N) is 1. The van der Waals surface area contributed by atoms with Gasteiger partial charge in [-0.05, 0) is 18.6 Å². The lowest BCUT2D eigenvalue weighted by molar-refractivity contribution is -0.139. The van der Waals surface area contributed by atoms with Crippen molar-refractivity contribution in [3.05, 3.63) is 34.9 Å². The summed E-state index contributed by atoms with van der Waals surface area (Å²) in [5, 5.41) is 2.40. The summed E-state index contributed by atoms with van der Waals surface area (Å²) < 4.78 is 0. The molecule has 0 radical (unpaired) electrons. The van der Waals surface area contributed by atoms with Gasteiger partial charge in [-0.2, -0.15) is 0 Å². The molecule has 1 aliphatic rings. The van der Waals surface area contributed by atoms with Crippen LogP contribution in [0.2, 0.25) is 5.02 Å². The van der Waals surface area contributed by atoms with E-state index in [1.807, 2.05) is 0 Å². The second-order valence-electron chi connectivity index (χ2n) is 4.30. The van der Waals surface area contributed by atoms with E-state index in [0.29, 0.717) is 5.56 Å². The monoisotopic (exact) mass is 290 g/mol. The van der Waals surface area contributed by atoms with E-state index in [1.165, 1.54) is 6.92 Å². The van der Waals surface area contributed by atoms with Crippen LogP contribution in [0, 0.1) is 12.3 Å². The third-order valence-electron chi connectivity index (χ3n) is 3.04. The van der Waals surface area contributed by atoms with Gasteiger partial charge in [-0.15, -0.1) is 6.42 Å². The molecule has 0 saturated carbocycles. The van der Waals surface area contributed by atoms with Gasteiger partial charge < -0.3 is 0 Å². The topological polar surface area (TPSA) is 66.5 Å². The van der Waals surface area contributed by atoms with E-state index in [9.17, 15) is 14.4 Å². The van der Waals surface area contributed by atoms with E-state index in [4.69, 9.17) is 18.0 Å². The minimum absolute atomic E-state index is 0.281. The van der Waals surface area contributed by atoms with Gasteiger partial charge in [-0.3, -0.25) is 14.9 Å². The van der Waals surface area contributed by atoms with Gasteiger partial charge in [0.2, 0.25) is 11.8 Å². The molecule has 1 aromatic carbocycles. The van der Waals surface area contributed by atoms with Gasteiger partial charge in [0.25, 0.3) is 0 Å². The number of hydrogen-bond acceptors (Lipinski definition) is 3. The molecule has 2 rings (SSSR count). The predicted octanol–water partition coefficient (Wildman–Crippen LogP) is 1.52. The largest absolute Gasteiger partial charge is 0.331 e. The molecule has 1 aliphatic heterocycles. The highest BCUT2D eigenvalue weighted by Gasteiger charge is 2.43. The highest BCUT2D eigenvalue weighted by molar-refractivity contribution is 6.32. The van der Waals surface area contributed by atoms with Gasteiger partial charge in [0, 0.05) is 5.02 Å². The number of carbonyl (C=O) groups is 3. The fourth-order valence-corrected chi connectivity index (χ4v) is 2.26. The quantitative estimate of drug-likeness (QED) is 0.663. The van der Waals surface area contributed by atoms with Gasteiger partial charge in [0.1, 0.15) is 5.92 Å². The molecule has 1 saturated heterocycles. The number of benzene rings is 1. The summed E-state index contributed by atoms with van der Waals surface area (Å²) in [6.45, 7) is 1.52. The Morgan fingerprint density at radius 3 is 2.60 bits per heavy atom. The van der Waals surface area contributed by atoms with E-state index in [2.05, 4.69) is 11.2 Å². The van der Waals surface area contributed by atoms with Gasteiger partial charge in [0.15, 0.2) is 0 Å². The molecule has 1 fully saturated rings. The Labute approximate surface area is 120 Å². The molecule has 1 N–H and O–H groups in total. The smallest absolute Gasteiger partial charge is 0.277 e. The molecule has 6 heteroatoms. The maximum atomic E-state index is 12.4. The van der Waals surface area contributed by atoms with E-state index >= 15 is 0 Å². The third-order valence-corrected chi connectivity index (χ3v) is 3.38. The number of hydrogen-bond donors (Lipinski definition) is 1. The third kappa shape index (κ3) is 2.26. The van der Waals surface area contributed by atoms with Crippen LogP contribution in [-0.4, -0.2) is 28.8 Å². The van der Waals surface area contributed by atoms with Crippen LogP contribution in [0.3, 0.4) is 0 Å². The first kappa shape index (κ1) is 14.1. The highest BCUT2D eigenvalue weighted by atomic mass is 35.5. The number of nitrogens with one attached hydrogen (secondary N) is 1. The SMILES string of the molecule is C#CC(C)N1C(=O)NC(=O)C(c2ccccc2Cl)C1=O. The van der Waals surface area contributed by atoms with Crippen molar-refractivity contribution in [2.24, 2.45) is 0 Å². The van der Waals surface area contributed by atoms with Crippen molar-refractivity contribution in [3.63, 3.8) is 0 Å². The zero-order valence-electron chi connectivity index (χ0n) is 10.6. The van der Waals surface area contributed by atoms with Crippen LogP contribution in [-0.2, 0) is 9.59 Å². The van der Waals surface area contributed by atoms with Crippen molar-refractivity contribution >= 4 is 29.4 Å². The fraction of sp³-hybridized carbons (Fsp3) is 0.214.